The first-order chi connectivity index (χ1) is 11.7. The van der Waals surface area contributed by atoms with Crippen molar-refractivity contribution in [3.05, 3.63) is 53.6 Å². The Morgan fingerprint density at radius 3 is 2.62 bits per heavy atom. The number of thiazole rings is 1. The van der Waals surface area contributed by atoms with Crippen LogP contribution in [0.5, 0.6) is 10.9 Å². The maximum absolute atomic E-state index is 12.9. The number of carbonyl (C=O) groups excluding carboxylic acids is 1. The van der Waals surface area contributed by atoms with Gasteiger partial charge < -0.3 is 14.2 Å². The van der Waals surface area contributed by atoms with E-state index in [1.54, 1.807) is 32.4 Å². The Morgan fingerprint density at radius 1 is 1.12 bits per heavy atom. The molecule has 5 nitrogen and oxygen atoms in total. The molecular weight excluding hydrogens is 326 g/mol. The molecule has 24 heavy (non-hydrogen) atoms. The van der Waals surface area contributed by atoms with Gasteiger partial charge in [0.2, 0.25) is 0 Å². The van der Waals surface area contributed by atoms with Gasteiger partial charge in [0.25, 0.3) is 5.19 Å². The van der Waals surface area contributed by atoms with E-state index < -0.39 is 0 Å². The summed E-state index contributed by atoms with van der Waals surface area (Å²) < 4.78 is 16.7. The molecule has 0 fully saturated rings. The second kappa shape index (κ2) is 7.42. The number of rotatable bonds is 7. The maximum atomic E-state index is 12.9. The second-order valence-corrected chi connectivity index (χ2v) is 6.03. The molecule has 3 rings (SSSR count). The van der Waals surface area contributed by atoms with Crippen molar-refractivity contribution in [1.82, 2.24) is 4.98 Å². The number of methoxy groups -OCH3 is 2. The van der Waals surface area contributed by atoms with Gasteiger partial charge in [-0.15, -0.1) is 0 Å². The Balaban J connectivity index is 2.06. The van der Waals surface area contributed by atoms with E-state index >= 15 is 0 Å². The fourth-order valence-electron chi connectivity index (χ4n) is 2.32. The summed E-state index contributed by atoms with van der Waals surface area (Å²) in [5.74, 6) is 0.524. The van der Waals surface area contributed by atoms with Crippen molar-refractivity contribution in [1.29, 1.82) is 0 Å². The van der Waals surface area contributed by atoms with Crippen LogP contribution in [0.15, 0.2) is 42.5 Å². The van der Waals surface area contributed by atoms with Gasteiger partial charge in [0.15, 0.2) is 5.78 Å². The minimum Gasteiger partial charge on any atom is -0.491 e. The highest BCUT2D eigenvalue weighted by atomic mass is 32.1. The molecule has 0 saturated heterocycles. The Kier molecular flexibility index (Phi) is 5.08. The summed E-state index contributed by atoms with van der Waals surface area (Å²) in [5, 5.41) is 0.515. The van der Waals surface area contributed by atoms with Crippen LogP contribution < -0.4 is 9.47 Å². The first-order valence-electron chi connectivity index (χ1n) is 7.43. The van der Waals surface area contributed by atoms with Crippen molar-refractivity contribution in [3.63, 3.8) is 0 Å². The van der Waals surface area contributed by atoms with Crippen LogP contribution in [0, 0.1) is 0 Å². The molecule has 0 N–H and O–H groups in total. The number of carbonyl (C=O) groups is 1. The van der Waals surface area contributed by atoms with Gasteiger partial charge >= 0.3 is 0 Å². The third kappa shape index (κ3) is 3.39. The van der Waals surface area contributed by atoms with Gasteiger partial charge in [0.1, 0.15) is 12.4 Å². The number of hydrogen-bond acceptors (Lipinski definition) is 6. The Labute approximate surface area is 143 Å². The molecule has 0 bridgehead atoms. The molecule has 0 radical (unpaired) electrons. The predicted octanol–water partition coefficient (Wildman–Crippen LogP) is 3.56. The van der Waals surface area contributed by atoms with Crippen LogP contribution in [0.25, 0.3) is 10.2 Å². The fourth-order valence-corrected chi connectivity index (χ4v) is 3.15. The van der Waals surface area contributed by atoms with Crippen molar-refractivity contribution >= 4 is 27.3 Å². The Hall–Kier alpha value is -2.44. The molecule has 0 unspecified atom stereocenters. The Bertz CT molecular complexity index is 845. The standard InChI is InChI=1S/C18H17NO4S/c1-21-8-9-23-13-10-14(17(20)12-6-4-3-5-7-12)16-15(11-13)24-18(19-16)22-2/h3-7,10-11H,8-9H2,1-2H3. The highest BCUT2D eigenvalue weighted by Gasteiger charge is 2.18. The molecule has 0 amide bonds. The number of benzene rings is 2. The van der Waals surface area contributed by atoms with Gasteiger partial charge in [-0.2, -0.15) is 0 Å². The number of hydrogen-bond donors (Lipinski definition) is 0. The van der Waals surface area contributed by atoms with Crippen LogP contribution in [0.3, 0.4) is 0 Å². The summed E-state index contributed by atoms with van der Waals surface area (Å²) in [6.07, 6.45) is 0. The minimum absolute atomic E-state index is 0.0919. The van der Waals surface area contributed by atoms with Gasteiger partial charge in [0.05, 0.1) is 29.5 Å². The van der Waals surface area contributed by atoms with E-state index in [9.17, 15) is 4.79 Å². The highest BCUT2D eigenvalue weighted by molar-refractivity contribution is 7.20. The van der Waals surface area contributed by atoms with E-state index in [0.29, 0.717) is 40.8 Å². The second-order valence-electron chi connectivity index (χ2n) is 5.04. The average molecular weight is 343 g/mol. The van der Waals surface area contributed by atoms with Gasteiger partial charge in [-0.3, -0.25) is 4.79 Å². The molecule has 0 spiro atoms. The number of ketones is 1. The van der Waals surface area contributed by atoms with E-state index in [0.717, 1.165) is 4.70 Å². The van der Waals surface area contributed by atoms with E-state index in [1.165, 1.54) is 11.3 Å². The molecule has 0 saturated carbocycles. The van der Waals surface area contributed by atoms with Crippen LogP contribution in [-0.4, -0.2) is 38.2 Å². The average Bonchev–Trinajstić information content (AvgIpc) is 3.04. The summed E-state index contributed by atoms with van der Waals surface area (Å²) >= 11 is 1.38. The van der Waals surface area contributed by atoms with Gasteiger partial charge in [-0.05, 0) is 12.1 Å². The largest absolute Gasteiger partial charge is 0.491 e. The van der Waals surface area contributed by atoms with Crippen molar-refractivity contribution in [2.24, 2.45) is 0 Å². The molecule has 0 atom stereocenters. The quantitative estimate of drug-likeness (QED) is 0.485. The summed E-state index contributed by atoms with van der Waals surface area (Å²) in [7, 11) is 3.18. The predicted molar refractivity (Wildman–Crippen MR) is 93.4 cm³/mol. The van der Waals surface area contributed by atoms with Crippen LogP contribution in [-0.2, 0) is 4.74 Å². The van der Waals surface area contributed by atoms with Gasteiger partial charge in [0, 0.05) is 12.7 Å². The smallest absolute Gasteiger partial charge is 0.274 e. The van der Waals surface area contributed by atoms with Crippen molar-refractivity contribution in [2.45, 2.75) is 0 Å². The molecule has 2 aromatic carbocycles. The Morgan fingerprint density at radius 2 is 1.92 bits per heavy atom. The molecule has 1 aromatic heterocycles. The van der Waals surface area contributed by atoms with Crippen LogP contribution >= 0.6 is 11.3 Å². The van der Waals surface area contributed by atoms with E-state index in [2.05, 4.69) is 4.98 Å². The monoisotopic (exact) mass is 343 g/mol. The lowest BCUT2D eigenvalue weighted by molar-refractivity contribution is 0.103. The van der Waals surface area contributed by atoms with E-state index in [-0.39, 0.29) is 5.78 Å². The topological polar surface area (TPSA) is 57.7 Å². The molecule has 124 valence electrons. The number of aromatic nitrogens is 1. The molecule has 6 heteroatoms. The molecule has 0 aliphatic carbocycles. The van der Waals surface area contributed by atoms with E-state index in [1.807, 2.05) is 24.3 Å². The summed E-state index contributed by atoms with van der Waals surface area (Å²) in [5.41, 5.74) is 1.75. The van der Waals surface area contributed by atoms with Crippen molar-refractivity contribution in [3.8, 4) is 10.9 Å². The molecule has 0 aliphatic rings. The lowest BCUT2D eigenvalue weighted by atomic mass is 10.0. The SMILES string of the molecule is COCCOc1cc(C(=O)c2ccccc2)c2nc(OC)sc2c1. The summed E-state index contributed by atoms with van der Waals surface area (Å²) in [6, 6.07) is 12.7. The zero-order valence-electron chi connectivity index (χ0n) is 13.4. The molecular formula is C18H17NO4S. The lowest BCUT2D eigenvalue weighted by Crippen LogP contribution is -2.06. The van der Waals surface area contributed by atoms with Gasteiger partial charge in [-0.1, -0.05) is 41.7 Å². The van der Waals surface area contributed by atoms with Crippen LogP contribution in [0.1, 0.15) is 15.9 Å². The van der Waals surface area contributed by atoms with Crippen molar-refractivity contribution in [2.75, 3.05) is 27.4 Å². The number of ether oxygens (including phenoxy) is 3. The van der Waals surface area contributed by atoms with E-state index in [4.69, 9.17) is 14.2 Å². The van der Waals surface area contributed by atoms with Crippen LogP contribution in [0.4, 0.5) is 0 Å². The molecule has 0 aliphatic heterocycles. The van der Waals surface area contributed by atoms with Crippen LogP contribution in [0.2, 0.25) is 0 Å². The lowest BCUT2D eigenvalue weighted by Gasteiger charge is -2.08. The summed E-state index contributed by atoms with van der Waals surface area (Å²) in [4.78, 5) is 17.3. The first kappa shape index (κ1) is 16.4. The van der Waals surface area contributed by atoms with Gasteiger partial charge in [-0.25, -0.2) is 4.98 Å². The molecule has 1 heterocycles. The number of fused-ring (bicyclic) bond motifs is 1. The molecule has 3 aromatic rings. The third-order valence-electron chi connectivity index (χ3n) is 3.46. The zero-order chi connectivity index (χ0) is 16.9. The zero-order valence-corrected chi connectivity index (χ0v) is 14.3. The summed E-state index contributed by atoms with van der Waals surface area (Å²) in [6.45, 7) is 0.892. The normalized spacial score (nSPS) is 10.8. The minimum atomic E-state index is -0.0919. The highest BCUT2D eigenvalue weighted by Crippen LogP contribution is 2.34. The maximum Gasteiger partial charge on any atom is 0.274 e. The first-order valence-corrected chi connectivity index (χ1v) is 8.24. The van der Waals surface area contributed by atoms with Crippen molar-refractivity contribution < 1.29 is 19.0 Å². The number of nitrogens with zero attached hydrogens (tertiary/aromatic N) is 1. The third-order valence-corrected chi connectivity index (χ3v) is 4.42. The fraction of sp³-hybridized carbons (Fsp3) is 0.222.